The van der Waals surface area contributed by atoms with E-state index in [-0.39, 0.29) is 32.7 Å². The van der Waals surface area contributed by atoms with Crippen molar-refractivity contribution in [1.82, 2.24) is 0 Å². The van der Waals surface area contributed by atoms with Crippen LogP contribution in [-0.2, 0) is 32.7 Å². The van der Waals surface area contributed by atoms with Gasteiger partial charge in [0.25, 0.3) is 0 Å². The molecular weight excluding hydrogens is 279 g/mol. The standard InChI is InChI=1S/C7H17N.C5H9S.Y/c1-6(2)4-5-7(3)8;1-3-4-5(2)6;/h6-7H,4-5,8H2,1-3H3;3-4,6H,1-2H3;/q;-1;/b;4-3-;. The predicted molar refractivity (Wildman–Crippen MR) is 70.4 cm³/mol. The minimum absolute atomic E-state index is 0. The van der Waals surface area contributed by atoms with Crippen molar-refractivity contribution in [2.45, 2.75) is 53.5 Å². The number of nitrogens with two attached hydrogens (primary N) is 1. The molecule has 0 aromatic heterocycles. The van der Waals surface area contributed by atoms with Gasteiger partial charge in [0, 0.05) is 38.8 Å². The Morgan fingerprint density at radius 2 is 1.73 bits per heavy atom. The van der Waals surface area contributed by atoms with Gasteiger partial charge in [-0.2, -0.15) is 5.25 Å². The minimum atomic E-state index is 0. The summed E-state index contributed by atoms with van der Waals surface area (Å²) in [5.41, 5.74) is 5.54. The van der Waals surface area contributed by atoms with Gasteiger partial charge in [0.1, 0.15) is 0 Å². The molecule has 1 atom stereocenters. The van der Waals surface area contributed by atoms with E-state index in [9.17, 15) is 0 Å². The summed E-state index contributed by atoms with van der Waals surface area (Å²) < 4.78 is 0. The molecule has 1 nitrogen and oxygen atoms in total. The maximum atomic E-state index is 5.54. The monoisotopic (exact) mass is 305 g/mol. The van der Waals surface area contributed by atoms with Crippen LogP contribution >= 0.6 is 12.6 Å². The van der Waals surface area contributed by atoms with E-state index >= 15 is 0 Å². The van der Waals surface area contributed by atoms with Crippen LogP contribution in [0.2, 0.25) is 0 Å². The first-order valence-corrected chi connectivity index (χ1v) is 5.75. The number of rotatable bonds is 4. The second-order valence-electron chi connectivity index (χ2n) is 4.09. The molecule has 2 N–H and O–H groups in total. The van der Waals surface area contributed by atoms with Crippen LogP contribution in [0.4, 0.5) is 0 Å². The fourth-order valence-electron chi connectivity index (χ4n) is 0.837. The first kappa shape index (κ1) is 21.3. The predicted octanol–water partition coefficient (Wildman–Crippen LogP) is 3.81. The summed E-state index contributed by atoms with van der Waals surface area (Å²) in [5.74, 6) is 0.806. The third-order valence-electron chi connectivity index (χ3n) is 1.61. The van der Waals surface area contributed by atoms with Crippen molar-refractivity contribution in [3.63, 3.8) is 0 Å². The molecule has 0 spiro atoms. The Labute approximate surface area is 127 Å². The van der Waals surface area contributed by atoms with Gasteiger partial charge < -0.3 is 5.73 Å². The Kier molecular flexibility index (Phi) is 21.4. The van der Waals surface area contributed by atoms with Crippen LogP contribution in [0.1, 0.15) is 47.5 Å². The van der Waals surface area contributed by atoms with Crippen LogP contribution in [0, 0.1) is 11.2 Å². The van der Waals surface area contributed by atoms with Crippen LogP contribution in [0.15, 0.2) is 12.2 Å². The SMILES string of the molecule is C/C=C\[C-](C)S.CC(C)CCC(C)N.[Y]. The van der Waals surface area contributed by atoms with Crippen molar-refractivity contribution in [2.24, 2.45) is 11.7 Å². The quantitative estimate of drug-likeness (QED) is 0.599. The van der Waals surface area contributed by atoms with Gasteiger partial charge in [0.2, 0.25) is 0 Å². The maximum absolute atomic E-state index is 5.54. The van der Waals surface area contributed by atoms with Crippen LogP contribution in [0.3, 0.4) is 0 Å². The van der Waals surface area contributed by atoms with E-state index in [4.69, 9.17) is 5.73 Å². The van der Waals surface area contributed by atoms with E-state index < -0.39 is 0 Å². The molecule has 0 aromatic rings. The molecule has 1 unspecified atom stereocenters. The van der Waals surface area contributed by atoms with Crippen LogP contribution < -0.4 is 5.73 Å². The molecule has 89 valence electrons. The van der Waals surface area contributed by atoms with Gasteiger partial charge in [-0.15, -0.1) is 13.8 Å². The summed E-state index contributed by atoms with van der Waals surface area (Å²) in [6.07, 6.45) is 6.33. The Morgan fingerprint density at radius 3 is 1.80 bits per heavy atom. The van der Waals surface area contributed by atoms with Gasteiger partial charge in [-0.25, -0.2) is 24.8 Å². The van der Waals surface area contributed by atoms with E-state index in [2.05, 4.69) is 33.4 Å². The molecule has 0 bridgehead atoms. The molecule has 3 heteroatoms. The van der Waals surface area contributed by atoms with Gasteiger partial charge >= 0.3 is 0 Å². The van der Waals surface area contributed by atoms with E-state index in [1.165, 1.54) is 6.42 Å². The van der Waals surface area contributed by atoms with Crippen molar-refractivity contribution in [3.05, 3.63) is 17.4 Å². The van der Waals surface area contributed by atoms with E-state index in [0.717, 1.165) is 17.6 Å². The fourth-order valence-corrected chi connectivity index (χ4v) is 0.986. The molecule has 15 heavy (non-hydrogen) atoms. The molecule has 0 aliphatic heterocycles. The first-order valence-electron chi connectivity index (χ1n) is 5.30. The molecule has 1 radical (unpaired) electrons. The fraction of sp³-hybridized carbons (Fsp3) is 0.750. The summed E-state index contributed by atoms with van der Waals surface area (Å²) >= 11 is 4.01. The van der Waals surface area contributed by atoms with E-state index in [1.807, 2.05) is 26.0 Å². The Morgan fingerprint density at radius 1 is 1.27 bits per heavy atom. The Hall–Kier alpha value is 1.02. The number of allylic oxidation sites excluding steroid dienone is 1. The largest absolute Gasteiger partial charge is 0.328 e. The summed E-state index contributed by atoms with van der Waals surface area (Å²) in [4.78, 5) is 0. The van der Waals surface area contributed by atoms with E-state index in [0.29, 0.717) is 6.04 Å². The molecular formula is C12H26NSY-. The summed E-state index contributed by atoms with van der Waals surface area (Å²) in [7, 11) is 0. The molecule has 0 rings (SSSR count). The molecule has 0 fully saturated rings. The molecule has 0 heterocycles. The summed E-state index contributed by atoms with van der Waals surface area (Å²) in [5, 5.41) is 1.05. The molecule has 0 aromatic carbocycles. The van der Waals surface area contributed by atoms with Gasteiger partial charge in [-0.3, -0.25) is 0 Å². The molecule has 0 saturated carbocycles. The van der Waals surface area contributed by atoms with Gasteiger partial charge in [0.05, 0.1) is 0 Å². The normalized spacial score (nSPS) is 11.7. The molecule has 0 aliphatic rings. The van der Waals surface area contributed by atoms with Gasteiger partial charge in [0.15, 0.2) is 0 Å². The smallest absolute Gasteiger partial charge is 0.00105 e. The topological polar surface area (TPSA) is 26.0 Å². The second kappa shape index (κ2) is 15.0. The Bertz CT molecular complexity index is 126. The maximum Gasteiger partial charge on any atom is 0.00105 e. The number of thiol groups is 1. The van der Waals surface area contributed by atoms with Crippen molar-refractivity contribution in [2.75, 3.05) is 0 Å². The van der Waals surface area contributed by atoms with Crippen molar-refractivity contribution in [3.8, 4) is 0 Å². The van der Waals surface area contributed by atoms with Crippen LogP contribution in [-0.4, -0.2) is 6.04 Å². The van der Waals surface area contributed by atoms with E-state index in [1.54, 1.807) is 0 Å². The zero-order valence-electron chi connectivity index (χ0n) is 10.8. The average Bonchev–Trinajstić information content (AvgIpc) is 2.01. The third-order valence-corrected chi connectivity index (χ3v) is 1.76. The first-order chi connectivity index (χ1) is 6.40. The van der Waals surface area contributed by atoms with Gasteiger partial charge in [-0.1, -0.05) is 13.8 Å². The molecule has 0 saturated heterocycles. The second-order valence-corrected chi connectivity index (χ2v) is 4.80. The molecule has 0 aliphatic carbocycles. The van der Waals surface area contributed by atoms with Crippen LogP contribution in [0.25, 0.3) is 0 Å². The van der Waals surface area contributed by atoms with Crippen molar-refractivity contribution < 1.29 is 32.7 Å². The zero-order chi connectivity index (χ0) is 11.6. The zero-order valence-corrected chi connectivity index (χ0v) is 14.6. The third kappa shape index (κ3) is 31.3. The van der Waals surface area contributed by atoms with Gasteiger partial charge in [-0.05, 0) is 25.7 Å². The summed E-state index contributed by atoms with van der Waals surface area (Å²) in [6.45, 7) is 10.4. The summed E-state index contributed by atoms with van der Waals surface area (Å²) in [6, 6.07) is 0.386. The average molecular weight is 305 g/mol. The van der Waals surface area contributed by atoms with Crippen LogP contribution in [0.5, 0.6) is 0 Å². The molecule has 0 amide bonds. The number of hydrogen-bond acceptors (Lipinski definition) is 2. The van der Waals surface area contributed by atoms with Crippen molar-refractivity contribution in [1.29, 1.82) is 0 Å². The number of hydrogen-bond donors (Lipinski definition) is 2. The minimum Gasteiger partial charge on any atom is -0.328 e. The van der Waals surface area contributed by atoms with Crippen molar-refractivity contribution >= 4 is 12.6 Å². The Balaban J connectivity index is -0.000000187.